The number of aryl methyl sites for hydroxylation is 2. The number of aromatic nitrogens is 5. The van der Waals surface area contributed by atoms with Crippen molar-refractivity contribution in [3.8, 4) is 0 Å². The number of hydrogen-bond donors (Lipinski definition) is 1. The molecule has 108 valence electrons. The summed E-state index contributed by atoms with van der Waals surface area (Å²) in [6.45, 7) is 2.01. The lowest BCUT2D eigenvalue weighted by Gasteiger charge is -2.26. The number of rotatable bonds is 3. The molecule has 0 aliphatic heterocycles. The van der Waals surface area contributed by atoms with Crippen molar-refractivity contribution < 1.29 is 0 Å². The molecule has 2 N–H and O–H groups in total. The van der Waals surface area contributed by atoms with Gasteiger partial charge in [-0.3, -0.25) is 4.68 Å². The SMILES string of the molecule is Cc1nnc(C(N)c2cnn(C)c2)n1C1CCCCC1. The molecule has 0 aromatic carbocycles. The van der Waals surface area contributed by atoms with Gasteiger partial charge in [0.25, 0.3) is 0 Å². The van der Waals surface area contributed by atoms with Crippen LogP contribution in [0.25, 0.3) is 0 Å². The van der Waals surface area contributed by atoms with Crippen LogP contribution in [0.1, 0.15) is 61.4 Å². The van der Waals surface area contributed by atoms with Crippen LogP contribution in [0.3, 0.4) is 0 Å². The Labute approximate surface area is 119 Å². The summed E-state index contributed by atoms with van der Waals surface area (Å²) in [5.74, 6) is 1.83. The Morgan fingerprint density at radius 2 is 2.00 bits per heavy atom. The summed E-state index contributed by atoms with van der Waals surface area (Å²) in [4.78, 5) is 0. The fourth-order valence-electron chi connectivity index (χ4n) is 3.14. The van der Waals surface area contributed by atoms with Crippen LogP contribution in [0.2, 0.25) is 0 Å². The quantitative estimate of drug-likeness (QED) is 0.927. The van der Waals surface area contributed by atoms with Crippen molar-refractivity contribution in [2.24, 2.45) is 12.8 Å². The molecule has 0 saturated heterocycles. The van der Waals surface area contributed by atoms with Crippen molar-refractivity contribution in [3.63, 3.8) is 0 Å². The molecule has 1 saturated carbocycles. The lowest BCUT2D eigenvalue weighted by Crippen LogP contribution is -2.22. The van der Waals surface area contributed by atoms with Gasteiger partial charge in [-0.05, 0) is 19.8 Å². The molecule has 0 spiro atoms. The highest BCUT2D eigenvalue weighted by molar-refractivity contribution is 5.19. The van der Waals surface area contributed by atoms with E-state index in [1.165, 1.54) is 32.1 Å². The maximum absolute atomic E-state index is 6.37. The van der Waals surface area contributed by atoms with E-state index in [9.17, 15) is 0 Å². The van der Waals surface area contributed by atoms with E-state index < -0.39 is 0 Å². The lowest BCUT2D eigenvalue weighted by atomic mass is 9.94. The van der Waals surface area contributed by atoms with Crippen LogP contribution < -0.4 is 5.73 Å². The number of nitrogens with zero attached hydrogens (tertiary/aromatic N) is 5. The fourth-order valence-corrected chi connectivity index (χ4v) is 3.14. The average Bonchev–Trinajstić information content (AvgIpc) is 3.05. The predicted octanol–water partition coefficient (Wildman–Crippen LogP) is 1.87. The summed E-state index contributed by atoms with van der Waals surface area (Å²) >= 11 is 0. The van der Waals surface area contributed by atoms with Gasteiger partial charge in [0.1, 0.15) is 5.82 Å². The monoisotopic (exact) mass is 274 g/mol. The first-order valence-electron chi connectivity index (χ1n) is 7.32. The Morgan fingerprint density at radius 3 is 2.65 bits per heavy atom. The van der Waals surface area contributed by atoms with Gasteiger partial charge < -0.3 is 10.3 Å². The predicted molar refractivity (Wildman–Crippen MR) is 76.1 cm³/mol. The minimum Gasteiger partial charge on any atom is -0.318 e. The highest BCUT2D eigenvalue weighted by Gasteiger charge is 2.25. The maximum atomic E-state index is 6.37. The van der Waals surface area contributed by atoms with Gasteiger partial charge in [0.15, 0.2) is 5.82 Å². The minimum atomic E-state index is -0.258. The van der Waals surface area contributed by atoms with Crippen LogP contribution in [0.5, 0.6) is 0 Å². The third kappa shape index (κ3) is 2.35. The Kier molecular flexibility index (Phi) is 3.56. The summed E-state index contributed by atoms with van der Waals surface area (Å²) in [6.07, 6.45) is 10.0. The molecule has 0 bridgehead atoms. The topological polar surface area (TPSA) is 74.6 Å². The normalized spacial score (nSPS) is 18.4. The molecule has 2 heterocycles. The summed E-state index contributed by atoms with van der Waals surface area (Å²) in [5, 5.41) is 12.8. The Balaban J connectivity index is 1.93. The first-order chi connectivity index (χ1) is 9.66. The molecular formula is C14H22N6. The molecule has 6 nitrogen and oxygen atoms in total. The van der Waals surface area contributed by atoms with Gasteiger partial charge in [-0.2, -0.15) is 5.10 Å². The molecule has 20 heavy (non-hydrogen) atoms. The molecule has 6 heteroatoms. The molecule has 2 aromatic heterocycles. The Bertz CT molecular complexity index is 578. The van der Waals surface area contributed by atoms with Crippen LogP contribution in [0, 0.1) is 6.92 Å². The molecule has 1 fully saturated rings. The molecule has 1 unspecified atom stereocenters. The van der Waals surface area contributed by atoms with Gasteiger partial charge in [0, 0.05) is 24.8 Å². The van der Waals surface area contributed by atoms with Gasteiger partial charge in [0.05, 0.1) is 12.2 Å². The van der Waals surface area contributed by atoms with E-state index in [4.69, 9.17) is 5.73 Å². The molecular weight excluding hydrogens is 252 g/mol. The van der Waals surface area contributed by atoms with E-state index >= 15 is 0 Å². The van der Waals surface area contributed by atoms with E-state index in [0.29, 0.717) is 6.04 Å². The fraction of sp³-hybridized carbons (Fsp3) is 0.643. The summed E-state index contributed by atoms with van der Waals surface area (Å²) in [7, 11) is 1.90. The zero-order valence-corrected chi connectivity index (χ0v) is 12.2. The van der Waals surface area contributed by atoms with Gasteiger partial charge in [-0.1, -0.05) is 19.3 Å². The van der Waals surface area contributed by atoms with Crippen molar-refractivity contribution in [2.45, 2.75) is 51.1 Å². The van der Waals surface area contributed by atoms with Crippen LogP contribution in [0.15, 0.2) is 12.4 Å². The van der Waals surface area contributed by atoms with Gasteiger partial charge in [-0.15, -0.1) is 10.2 Å². The number of nitrogens with two attached hydrogens (primary N) is 1. The minimum absolute atomic E-state index is 0.258. The average molecular weight is 274 g/mol. The molecule has 0 amide bonds. The van der Waals surface area contributed by atoms with Gasteiger partial charge in [-0.25, -0.2) is 0 Å². The summed E-state index contributed by atoms with van der Waals surface area (Å²) in [6, 6.07) is 0.239. The molecule has 0 radical (unpaired) electrons. The van der Waals surface area contributed by atoms with Crippen molar-refractivity contribution in [1.82, 2.24) is 24.5 Å². The first kappa shape index (κ1) is 13.3. The van der Waals surface area contributed by atoms with Crippen LogP contribution in [-0.2, 0) is 7.05 Å². The van der Waals surface area contributed by atoms with Crippen LogP contribution >= 0.6 is 0 Å². The van der Waals surface area contributed by atoms with Crippen molar-refractivity contribution >= 4 is 0 Å². The molecule has 2 aromatic rings. The standard InChI is InChI=1S/C14H22N6/c1-10-17-18-14(13(15)11-8-16-19(2)9-11)20(10)12-6-4-3-5-7-12/h8-9,12-13H,3-7,15H2,1-2H3. The first-order valence-corrected chi connectivity index (χ1v) is 7.32. The second kappa shape index (κ2) is 5.36. The highest BCUT2D eigenvalue weighted by Crippen LogP contribution is 2.31. The van der Waals surface area contributed by atoms with Crippen LogP contribution in [0.4, 0.5) is 0 Å². The third-order valence-electron chi connectivity index (χ3n) is 4.19. The van der Waals surface area contributed by atoms with Crippen molar-refractivity contribution in [1.29, 1.82) is 0 Å². The zero-order valence-electron chi connectivity index (χ0n) is 12.2. The van der Waals surface area contributed by atoms with E-state index in [1.807, 2.05) is 20.2 Å². The zero-order chi connectivity index (χ0) is 14.1. The van der Waals surface area contributed by atoms with Gasteiger partial charge >= 0.3 is 0 Å². The summed E-state index contributed by atoms with van der Waals surface area (Å²) in [5.41, 5.74) is 7.36. The molecule has 1 aliphatic rings. The Hall–Kier alpha value is -1.69. The lowest BCUT2D eigenvalue weighted by molar-refractivity contribution is 0.338. The second-order valence-electron chi connectivity index (χ2n) is 5.69. The van der Waals surface area contributed by atoms with E-state index in [-0.39, 0.29) is 6.04 Å². The third-order valence-corrected chi connectivity index (χ3v) is 4.19. The Morgan fingerprint density at radius 1 is 1.25 bits per heavy atom. The number of hydrogen-bond acceptors (Lipinski definition) is 4. The largest absolute Gasteiger partial charge is 0.318 e. The van der Waals surface area contributed by atoms with E-state index in [1.54, 1.807) is 10.9 Å². The van der Waals surface area contributed by atoms with E-state index in [2.05, 4.69) is 19.9 Å². The van der Waals surface area contributed by atoms with Gasteiger partial charge in [0.2, 0.25) is 0 Å². The highest BCUT2D eigenvalue weighted by atomic mass is 15.3. The molecule has 1 atom stereocenters. The molecule has 3 rings (SSSR count). The molecule has 1 aliphatic carbocycles. The second-order valence-corrected chi connectivity index (χ2v) is 5.69. The smallest absolute Gasteiger partial charge is 0.154 e. The van der Waals surface area contributed by atoms with E-state index in [0.717, 1.165) is 17.2 Å². The summed E-state index contributed by atoms with van der Waals surface area (Å²) < 4.78 is 4.01. The maximum Gasteiger partial charge on any atom is 0.154 e. The van der Waals surface area contributed by atoms with Crippen molar-refractivity contribution in [2.75, 3.05) is 0 Å². The van der Waals surface area contributed by atoms with Crippen LogP contribution in [-0.4, -0.2) is 24.5 Å². The van der Waals surface area contributed by atoms with Crippen molar-refractivity contribution in [3.05, 3.63) is 29.6 Å².